The van der Waals surface area contributed by atoms with Crippen LogP contribution in [0.15, 0.2) is 0 Å². The van der Waals surface area contributed by atoms with Gasteiger partial charge in [-0.25, -0.2) is 0 Å². The van der Waals surface area contributed by atoms with Crippen molar-refractivity contribution in [3.63, 3.8) is 0 Å². The maximum absolute atomic E-state index is 11.4. The number of quaternary nitrogens is 1. The van der Waals surface area contributed by atoms with Crippen molar-refractivity contribution in [1.82, 2.24) is 5.64 Å². The molecule has 4 atom stereocenters. The van der Waals surface area contributed by atoms with Crippen LogP contribution in [0.4, 0.5) is 0 Å². The summed E-state index contributed by atoms with van der Waals surface area (Å²) in [5.74, 6) is 1.04. The fraction of sp³-hybridized carbons (Fsp3) is 1.00. The first-order chi connectivity index (χ1) is 6.15. The summed E-state index contributed by atoms with van der Waals surface area (Å²) in [6, 6.07) is 0.0256. The number of hydrogen-bond acceptors (Lipinski definition) is 4. The van der Waals surface area contributed by atoms with Crippen molar-refractivity contribution >= 4 is 0 Å². The lowest BCUT2D eigenvalue weighted by Crippen LogP contribution is -3.11. The van der Waals surface area contributed by atoms with Gasteiger partial charge in [-0.2, -0.15) is 5.23 Å². The summed E-state index contributed by atoms with van der Waals surface area (Å²) in [4.78, 5) is 9.12. The molecule has 0 aromatic heterocycles. The van der Waals surface area contributed by atoms with E-state index in [2.05, 4.69) is 29.3 Å². The molecule has 1 saturated carbocycles. The predicted octanol–water partition coefficient (Wildman–Crippen LogP) is -0.199. The lowest BCUT2D eigenvalue weighted by Gasteiger charge is -2.27. The molecule has 0 aromatic rings. The third-order valence-electron chi connectivity index (χ3n) is 2.65. The molecule has 0 saturated heterocycles. The van der Waals surface area contributed by atoms with Crippen molar-refractivity contribution in [1.29, 1.82) is 0 Å². The van der Waals surface area contributed by atoms with Gasteiger partial charge in [0.15, 0.2) is 0 Å². The van der Waals surface area contributed by atoms with Gasteiger partial charge >= 0.3 is 0 Å². The van der Waals surface area contributed by atoms with Gasteiger partial charge in [0.05, 0.1) is 7.11 Å². The molecular weight excluding hydrogens is 172 g/mol. The first-order valence-corrected chi connectivity index (χ1v) is 4.63. The second-order valence-electron chi connectivity index (χ2n) is 3.87. The molecule has 1 rings (SSSR count). The zero-order valence-electron chi connectivity index (χ0n) is 8.37. The second kappa shape index (κ2) is 4.88. The molecule has 5 heteroatoms. The van der Waals surface area contributed by atoms with Gasteiger partial charge < -0.3 is 5.21 Å². The lowest BCUT2D eigenvalue weighted by molar-refractivity contribution is -1.09. The Hall–Kier alpha value is -0.200. The Morgan fingerprint density at radius 2 is 2.08 bits per heavy atom. The van der Waals surface area contributed by atoms with Crippen LogP contribution in [0.2, 0.25) is 0 Å². The number of rotatable bonds is 4. The highest BCUT2D eigenvalue weighted by Gasteiger charge is 2.34. The Bertz CT molecular complexity index is 156. The Kier molecular flexibility index (Phi) is 4.08. The number of hydroxylamine groups is 2. The summed E-state index contributed by atoms with van der Waals surface area (Å²) < 4.78 is 0. The molecule has 1 fully saturated rings. The molecule has 0 bridgehead atoms. The molecule has 0 amide bonds. The fourth-order valence-corrected chi connectivity index (χ4v) is 2.05. The summed E-state index contributed by atoms with van der Waals surface area (Å²) in [6.45, 7) is 4.25. The van der Waals surface area contributed by atoms with E-state index >= 15 is 0 Å². The molecule has 2 N–H and O–H groups in total. The number of hydrogen-bond donors (Lipinski definition) is 2. The average Bonchev–Trinajstić information content (AvgIpc) is 2.41. The molecule has 0 spiro atoms. The molecule has 0 radical (unpaired) electrons. The maximum Gasteiger partial charge on any atom is 0.121 e. The van der Waals surface area contributed by atoms with Gasteiger partial charge in [0, 0.05) is 12.3 Å². The highest BCUT2D eigenvalue weighted by Crippen LogP contribution is 2.28. The quantitative estimate of drug-likeness (QED) is 0.603. The average molecular weight is 190 g/mol. The van der Waals surface area contributed by atoms with Gasteiger partial charge in [-0.15, -0.1) is 0 Å². The largest absolute Gasteiger partial charge is 0.598 e. The Labute approximate surface area is 78.4 Å². The first kappa shape index (κ1) is 10.9. The normalized spacial score (nSPS) is 36.5. The zero-order valence-corrected chi connectivity index (χ0v) is 8.37. The van der Waals surface area contributed by atoms with Crippen molar-refractivity contribution in [3.05, 3.63) is 5.21 Å². The van der Waals surface area contributed by atoms with Crippen molar-refractivity contribution in [2.75, 3.05) is 7.11 Å². The van der Waals surface area contributed by atoms with Gasteiger partial charge in [-0.05, 0) is 18.0 Å². The van der Waals surface area contributed by atoms with Crippen LogP contribution >= 0.6 is 0 Å². The van der Waals surface area contributed by atoms with Gasteiger partial charge in [0.2, 0.25) is 0 Å². The van der Waals surface area contributed by atoms with E-state index in [0.29, 0.717) is 11.8 Å². The van der Waals surface area contributed by atoms with Crippen molar-refractivity contribution in [2.24, 2.45) is 11.8 Å². The standard InChI is InChI=1S/C8H18N2O3/c1-6-4-7(2)8(5-6)10(11)13-9-12-3/h6-10H,4-5H2,1-3H3. The SMILES string of the molecule is CONO[NH+]([O-])C1CC(C)CC1C. The zero-order chi connectivity index (χ0) is 9.84. The molecule has 1 aliphatic rings. The molecule has 0 aromatic carbocycles. The Morgan fingerprint density at radius 3 is 2.54 bits per heavy atom. The van der Waals surface area contributed by atoms with Crippen LogP contribution in [0.1, 0.15) is 26.7 Å². The first-order valence-electron chi connectivity index (χ1n) is 4.63. The van der Waals surface area contributed by atoms with Crippen LogP contribution in [0.25, 0.3) is 0 Å². The minimum atomic E-state index is -0.210. The Morgan fingerprint density at radius 1 is 1.38 bits per heavy atom. The summed E-state index contributed by atoms with van der Waals surface area (Å²) in [5.41, 5.74) is 2.11. The van der Waals surface area contributed by atoms with Crippen molar-refractivity contribution in [2.45, 2.75) is 32.7 Å². The van der Waals surface area contributed by atoms with E-state index in [1.54, 1.807) is 0 Å². The third kappa shape index (κ3) is 2.89. The van der Waals surface area contributed by atoms with E-state index in [0.717, 1.165) is 12.8 Å². The van der Waals surface area contributed by atoms with E-state index in [1.807, 2.05) is 0 Å². The smallest absolute Gasteiger partial charge is 0.121 e. The minimum Gasteiger partial charge on any atom is -0.598 e. The summed E-state index contributed by atoms with van der Waals surface area (Å²) >= 11 is 0. The van der Waals surface area contributed by atoms with E-state index < -0.39 is 0 Å². The van der Waals surface area contributed by atoms with Crippen LogP contribution in [0.3, 0.4) is 0 Å². The highest BCUT2D eigenvalue weighted by molar-refractivity contribution is 4.77. The minimum absolute atomic E-state index is 0.0256. The molecule has 13 heavy (non-hydrogen) atoms. The third-order valence-corrected chi connectivity index (χ3v) is 2.65. The molecule has 0 heterocycles. The van der Waals surface area contributed by atoms with Crippen LogP contribution in [0, 0.1) is 17.0 Å². The van der Waals surface area contributed by atoms with E-state index in [9.17, 15) is 5.21 Å². The van der Waals surface area contributed by atoms with Crippen LogP contribution in [-0.4, -0.2) is 13.2 Å². The second-order valence-corrected chi connectivity index (χ2v) is 3.87. The van der Waals surface area contributed by atoms with E-state index in [1.165, 1.54) is 7.11 Å². The van der Waals surface area contributed by atoms with Crippen LogP contribution < -0.4 is 10.9 Å². The number of nitrogens with one attached hydrogen (secondary N) is 2. The van der Waals surface area contributed by atoms with Crippen molar-refractivity contribution in [3.8, 4) is 0 Å². The molecular formula is C8H18N2O3. The Balaban J connectivity index is 2.33. The molecule has 4 unspecified atom stereocenters. The van der Waals surface area contributed by atoms with E-state index in [-0.39, 0.29) is 11.3 Å². The molecule has 1 aliphatic carbocycles. The van der Waals surface area contributed by atoms with Gasteiger partial charge in [0.1, 0.15) is 6.04 Å². The molecule has 0 aliphatic heterocycles. The summed E-state index contributed by atoms with van der Waals surface area (Å²) in [7, 11) is 1.41. The predicted molar refractivity (Wildman–Crippen MR) is 46.9 cm³/mol. The summed E-state index contributed by atoms with van der Waals surface area (Å²) in [6.07, 6.45) is 2.03. The topological polar surface area (TPSA) is 58.0 Å². The van der Waals surface area contributed by atoms with Crippen LogP contribution in [0.5, 0.6) is 0 Å². The van der Waals surface area contributed by atoms with Gasteiger partial charge in [-0.1, -0.05) is 18.8 Å². The monoisotopic (exact) mass is 190 g/mol. The maximum atomic E-state index is 11.4. The van der Waals surface area contributed by atoms with E-state index in [4.69, 9.17) is 0 Å². The van der Waals surface area contributed by atoms with Crippen molar-refractivity contribution < 1.29 is 15.0 Å². The van der Waals surface area contributed by atoms with Crippen LogP contribution in [-0.2, 0) is 9.78 Å². The molecule has 5 nitrogen and oxygen atoms in total. The molecule has 78 valence electrons. The van der Waals surface area contributed by atoms with Gasteiger partial charge in [0.25, 0.3) is 0 Å². The van der Waals surface area contributed by atoms with Gasteiger partial charge in [-0.3, -0.25) is 4.84 Å². The fourth-order valence-electron chi connectivity index (χ4n) is 2.05. The summed E-state index contributed by atoms with van der Waals surface area (Å²) in [5, 5.41) is 11.2. The highest BCUT2D eigenvalue weighted by atomic mass is 17.1. The lowest BCUT2D eigenvalue weighted by atomic mass is 10.1.